The minimum atomic E-state index is -0.318. The highest BCUT2D eigenvalue weighted by atomic mass is 79.9. The van der Waals surface area contributed by atoms with Gasteiger partial charge in [0.15, 0.2) is 0 Å². The SMILES string of the molecule is NNC(c1ccc(Cl)cc1)c1cccc(F)c1Br. The second-order valence-corrected chi connectivity index (χ2v) is 5.02. The lowest BCUT2D eigenvalue weighted by Gasteiger charge is -2.18. The topological polar surface area (TPSA) is 38.0 Å². The largest absolute Gasteiger partial charge is 0.271 e. The molecule has 18 heavy (non-hydrogen) atoms. The zero-order valence-electron chi connectivity index (χ0n) is 9.33. The average molecular weight is 330 g/mol. The van der Waals surface area contributed by atoms with Crippen molar-refractivity contribution in [2.75, 3.05) is 0 Å². The number of hydrazine groups is 1. The summed E-state index contributed by atoms with van der Waals surface area (Å²) in [4.78, 5) is 0. The fourth-order valence-electron chi connectivity index (χ4n) is 1.76. The van der Waals surface area contributed by atoms with E-state index in [1.165, 1.54) is 6.07 Å². The predicted octanol–water partition coefficient (Wildman–Crippen LogP) is 3.79. The fourth-order valence-corrected chi connectivity index (χ4v) is 2.38. The van der Waals surface area contributed by atoms with Crippen LogP contribution >= 0.6 is 27.5 Å². The Morgan fingerprint density at radius 1 is 1.17 bits per heavy atom. The van der Waals surface area contributed by atoms with E-state index >= 15 is 0 Å². The first-order valence-corrected chi connectivity index (χ1v) is 6.46. The van der Waals surface area contributed by atoms with Crippen LogP contribution in [-0.4, -0.2) is 0 Å². The predicted molar refractivity (Wildman–Crippen MR) is 74.7 cm³/mol. The number of benzene rings is 2. The first kappa shape index (κ1) is 13.5. The molecule has 2 rings (SSSR count). The van der Waals surface area contributed by atoms with Crippen LogP contribution in [-0.2, 0) is 0 Å². The lowest BCUT2D eigenvalue weighted by Crippen LogP contribution is -2.29. The highest BCUT2D eigenvalue weighted by Gasteiger charge is 2.17. The highest BCUT2D eigenvalue weighted by Crippen LogP contribution is 2.30. The molecule has 2 nitrogen and oxygen atoms in total. The van der Waals surface area contributed by atoms with Gasteiger partial charge in [-0.25, -0.2) is 9.82 Å². The zero-order valence-corrected chi connectivity index (χ0v) is 11.7. The number of halogens is 3. The van der Waals surface area contributed by atoms with Gasteiger partial charge in [-0.05, 0) is 45.3 Å². The summed E-state index contributed by atoms with van der Waals surface area (Å²) in [5, 5.41) is 0.646. The van der Waals surface area contributed by atoms with Gasteiger partial charge in [0.25, 0.3) is 0 Å². The second kappa shape index (κ2) is 5.80. The Bertz CT molecular complexity index is 545. The summed E-state index contributed by atoms with van der Waals surface area (Å²) in [5.41, 5.74) is 4.33. The van der Waals surface area contributed by atoms with Crippen molar-refractivity contribution in [2.45, 2.75) is 6.04 Å². The molecule has 0 spiro atoms. The second-order valence-electron chi connectivity index (χ2n) is 3.79. The molecule has 0 saturated heterocycles. The summed E-state index contributed by atoms with van der Waals surface area (Å²) in [5.74, 6) is 5.25. The molecule has 2 aromatic rings. The fraction of sp³-hybridized carbons (Fsp3) is 0.0769. The van der Waals surface area contributed by atoms with Crippen LogP contribution in [0.15, 0.2) is 46.9 Å². The molecule has 2 aromatic carbocycles. The number of hydrogen-bond donors (Lipinski definition) is 2. The minimum absolute atomic E-state index is 0.299. The van der Waals surface area contributed by atoms with Crippen LogP contribution < -0.4 is 11.3 Å². The van der Waals surface area contributed by atoms with Crippen LogP contribution in [0.5, 0.6) is 0 Å². The molecule has 0 amide bonds. The normalized spacial score (nSPS) is 12.4. The van der Waals surface area contributed by atoms with Crippen molar-refractivity contribution in [1.29, 1.82) is 0 Å². The van der Waals surface area contributed by atoms with E-state index in [2.05, 4.69) is 21.4 Å². The number of nitrogens with two attached hydrogens (primary N) is 1. The molecule has 94 valence electrons. The highest BCUT2D eigenvalue weighted by molar-refractivity contribution is 9.10. The molecule has 0 heterocycles. The molecule has 1 unspecified atom stereocenters. The van der Waals surface area contributed by atoms with Gasteiger partial charge >= 0.3 is 0 Å². The van der Waals surface area contributed by atoms with Crippen molar-refractivity contribution in [3.63, 3.8) is 0 Å². The van der Waals surface area contributed by atoms with E-state index in [1.54, 1.807) is 18.2 Å². The summed E-state index contributed by atoms with van der Waals surface area (Å²) < 4.78 is 13.9. The van der Waals surface area contributed by atoms with Crippen LogP contribution in [0.2, 0.25) is 5.02 Å². The van der Waals surface area contributed by atoms with Crippen LogP contribution in [0.1, 0.15) is 17.2 Å². The van der Waals surface area contributed by atoms with Gasteiger partial charge in [0.05, 0.1) is 10.5 Å². The number of rotatable bonds is 3. The molecule has 0 aliphatic heterocycles. The Labute approximate surface area is 118 Å². The Balaban J connectivity index is 2.45. The van der Waals surface area contributed by atoms with Gasteiger partial charge in [0, 0.05) is 5.02 Å². The van der Waals surface area contributed by atoms with Crippen molar-refractivity contribution in [2.24, 2.45) is 5.84 Å². The van der Waals surface area contributed by atoms with E-state index < -0.39 is 0 Å². The van der Waals surface area contributed by atoms with E-state index in [0.717, 1.165) is 11.1 Å². The third kappa shape index (κ3) is 2.72. The van der Waals surface area contributed by atoms with Gasteiger partial charge in [-0.15, -0.1) is 0 Å². The lowest BCUT2D eigenvalue weighted by molar-refractivity contribution is 0.597. The summed E-state index contributed by atoms with van der Waals surface area (Å²) >= 11 is 9.08. The third-order valence-electron chi connectivity index (χ3n) is 2.66. The van der Waals surface area contributed by atoms with Crippen molar-refractivity contribution in [1.82, 2.24) is 5.43 Å². The summed E-state index contributed by atoms with van der Waals surface area (Å²) in [7, 11) is 0. The molecule has 0 fully saturated rings. The van der Waals surface area contributed by atoms with Crippen LogP contribution in [0, 0.1) is 5.82 Å². The van der Waals surface area contributed by atoms with E-state index in [-0.39, 0.29) is 11.9 Å². The Kier molecular flexibility index (Phi) is 4.35. The maximum atomic E-state index is 13.5. The molecule has 0 radical (unpaired) electrons. The minimum Gasteiger partial charge on any atom is -0.271 e. The molecule has 5 heteroatoms. The Morgan fingerprint density at radius 2 is 1.83 bits per heavy atom. The van der Waals surface area contributed by atoms with Crippen LogP contribution in [0.4, 0.5) is 4.39 Å². The Hall–Kier alpha value is -0.940. The molecule has 0 aliphatic carbocycles. The molecule has 3 N–H and O–H groups in total. The van der Waals surface area contributed by atoms with Gasteiger partial charge in [0.1, 0.15) is 5.82 Å². The van der Waals surface area contributed by atoms with Gasteiger partial charge in [0.2, 0.25) is 0 Å². The molecule has 0 aliphatic rings. The first-order chi connectivity index (χ1) is 8.63. The quantitative estimate of drug-likeness (QED) is 0.664. The van der Waals surface area contributed by atoms with E-state index in [4.69, 9.17) is 17.4 Å². The molecule has 0 bridgehead atoms. The monoisotopic (exact) mass is 328 g/mol. The summed E-state index contributed by atoms with van der Waals surface area (Å²) in [6.45, 7) is 0. The van der Waals surface area contributed by atoms with Crippen LogP contribution in [0.25, 0.3) is 0 Å². The smallest absolute Gasteiger partial charge is 0.137 e. The van der Waals surface area contributed by atoms with Crippen molar-refractivity contribution < 1.29 is 4.39 Å². The van der Waals surface area contributed by atoms with Gasteiger partial charge < -0.3 is 0 Å². The average Bonchev–Trinajstić information content (AvgIpc) is 2.37. The number of nitrogens with one attached hydrogen (secondary N) is 1. The Morgan fingerprint density at radius 3 is 2.44 bits per heavy atom. The van der Waals surface area contributed by atoms with Crippen LogP contribution in [0.3, 0.4) is 0 Å². The maximum Gasteiger partial charge on any atom is 0.137 e. The molecule has 0 aromatic heterocycles. The van der Waals surface area contributed by atoms with Crippen molar-refractivity contribution in [3.8, 4) is 0 Å². The summed E-state index contributed by atoms with van der Waals surface area (Å²) in [6, 6.07) is 11.8. The standard InChI is InChI=1S/C13H11BrClFN2/c14-12-10(2-1-3-11(12)16)13(18-17)8-4-6-9(15)7-5-8/h1-7,13,18H,17H2. The first-order valence-electron chi connectivity index (χ1n) is 5.29. The third-order valence-corrected chi connectivity index (χ3v) is 3.75. The van der Waals surface area contributed by atoms with Crippen molar-refractivity contribution >= 4 is 27.5 Å². The summed E-state index contributed by atoms with van der Waals surface area (Å²) in [6.07, 6.45) is 0. The van der Waals surface area contributed by atoms with Gasteiger partial charge in [-0.3, -0.25) is 5.84 Å². The molecular formula is C13H11BrClFN2. The van der Waals surface area contributed by atoms with Crippen molar-refractivity contribution in [3.05, 3.63) is 68.9 Å². The van der Waals surface area contributed by atoms with E-state index in [0.29, 0.717) is 9.50 Å². The lowest BCUT2D eigenvalue weighted by atomic mass is 9.99. The molecule has 1 atom stereocenters. The van der Waals surface area contributed by atoms with Gasteiger partial charge in [-0.2, -0.15) is 0 Å². The maximum absolute atomic E-state index is 13.5. The van der Waals surface area contributed by atoms with E-state index in [1.807, 2.05) is 18.2 Å². The van der Waals surface area contributed by atoms with E-state index in [9.17, 15) is 4.39 Å². The number of hydrogen-bond acceptors (Lipinski definition) is 2. The van der Waals surface area contributed by atoms with Gasteiger partial charge in [-0.1, -0.05) is 35.9 Å². The molecule has 0 saturated carbocycles. The molecular weight excluding hydrogens is 319 g/mol. The zero-order chi connectivity index (χ0) is 13.1.